The van der Waals surface area contributed by atoms with Crippen LogP contribution in [0.2, 0.25) is 0 Å². The highest BCUT2D eigenvalue weighted by molar-refractivity contribution is 5.93. The first-order chi connectivity index (χ1) is 15.5. The van der Waals surface area contributed by atoms with Gasteiger partial charge in [0.25, 0.3) is 0 Å². The summed E-state index contributed by atoms with van der Waals surface area (Å²) in [5.41, 5.74) is 4.31. The van der Waals surface area contributed by atoms with E-state index in [1.54, 1.807) is 0 Å². The molecule has 1 aliphatic carbocycles. The lowest BCUT2D eigenvalue weighted by atomic mass is 10.1. The van der Waals surface area contributed by atoms with Gasteiger partial charge in [0.15, 0.2) is 0 Å². The summed E-state index contributed by atoms with van der Waals surface area (Å²) >= 11 is 0. The molecule has 0 bridgehead atoms. The maximum absolute atomic E-state index is 13.0. The van der Waals surface area contributed by atoms with Gasteiger partial charge in [0.05, 0.1) is 13.1 Å². The first-order valence-electron chi connectivity index (χ1n) is 11.6. The second kappa shape index (κ2) is 10.3. The molecule has 1 aliphatic heterocycles. The minimum atomic E-state index is 0.00458. The third kappa shape index (κ3) is 5.96. The molecule has 0 spiro atoms. The Hall–Kier alpha value is -2.70. The Bertz CT molecular complexity index is 914. The van der Waals surface area contributed by atoms with Crippen molar-refractivity contribution >= 4 is 17.5 Å². The van der Waals surface area contributed by atoms with Crippen molar-refractivity contribution in [1.82, 2.24) is 14.7 Å². The Balaban J connectivity index is 1.24. The quantitative estimate of drug-likeness (QED) is 0.694. The predicted molar refractivity (Wildman–Crippen MR) is 127 cm³/mol. The van der Waals surface area contributed by atoms with Gasteiger partial charge in [-0.1, -0.05) is 48.5 Å². The number of para-hydroxylation sites is 1. The lowest BCUT2D eigenvalue weighted by Crippen LogP contribution is -2.52. The number of carbonyl (C=O) groups excluding carboxylic acids is 2. The summed E-state index contributed by atoms with van der Waals surface area (Å²) in [5, 5.41) is 3.06. The molecule has 0 atom stereocenters. The number of carbonyl (C=O) groups is 2. The first-order valence-corrected chi connectivity index (χ1v) is 11.6. The number of nitrogens with zero attached hydrogens (tertiary/aromatic N) is 3. The van der Waals surface area contributed by atoms with Crippen molar-refractivity contribution < 1.29 is 9.59 Å². The fourth-order valence-corrected chi connectivity index (χ4v) is 4.39. The SMILES string of the molecule is Cc1cccc(C)c1NC(=O)CN1CCN(C(=O)CN(Cc2ccccc2)C2CC2)CC1. The molecule has 4 rings (SSSR count). The molecule has 1 N–H and O–H groups in total. The van der Waals surface area contributed by atoms with Gasteiger partial charge in [-0.15, -0.1) is 0 Å². The lowest BCUT2D eigenvalue weighted by molar-refractivity contribution is -0.134. The number of aryl methyl sites for hydroxylation is 2. The van der Waals surface area contributed by atoms with Gasteiger partial charge in [-0.3, -0.25) is 19.4 Å². The average Bonchev–Trinajstić information content (AvgIpc) is 3.63. The van der Waals surface area contributed by atoms with E-state index in [9.17, 15) is 9.59 Å². The van der Waals surface area contributed by atoms with E-state index in [0.29, 0.717) is 32.2 Å². The number of hydrogen-bond donors (Lipinski definition) is 1. The van der Waals surface area contributed by atoms with Gasteiger partial charge < -0.3 is 10.2 Å². The molecule has 1 saturated heterocycles. The van der Waals surface area contributed by atoms with E-state index in [1.165, 1.54) is 18.4 Å². The lowest BCUT2D eigenvalue weighted by Gasteiger charge is -2.35. The van der Waals surface area contributed by atoms with Crippen LogP contribution in [-0.4, -0.2) is 71.8 Å². The van der Waals surface area contributed by atoms with Crippen molar-refractivity contribution in [2.45, 2.75) is 39.3 Å². The number of piperazine rings is 1. The van der Waals surface area contributed by atoms with Crippen molar-refractivity contribution in [2.75, 3.05) is 44.6 Å². The molecule has 6 heteroatoms. The molecule has 2 aliphatic rings. The summed E-state index contributed by atoms with van der Waals surface area (Å²) in [6, 6.07) is 16.9. The third-order valence-corrected chi connectivity index (χ3v) is 6.47. The summed E-state index contributed by atoms with van der Waals surface area (Å²) in [6.45, 7) is 8.51. The van der Waals surface area contributed by atoms with E-state index in [4.69, 9.17) is 0 Å². The Morgan fingerprint density at radius 1 is 0.938 bits per heavy atom. The van der Waals surface area contributed by atoms with Gasteiger partial charge in [0.1, 0.15) is 0 Å². The fraction of sp³-hybridized carbons (Fsp3) is 0.462. The van der Waals surface area contributed by atoms with Crippen LogP contribution in [0.25, 0.3) is 0 Å². The molecule has 1 saturated carbocycles. The van der Waals surface area contributed by atoms with Crippen LogP contribution in [0.4, 0.5) is 5.69 Å². The number of nitrogens with one attached hydrogen (secondary N) is 1. The number of amides is 2. The van der Waals surface area contributed by atoms with E-state index < -0.39 is 0 Å². The van der Waals surface area contributed by atoms with Crippen LogP contribution in [0, 0.1) is 13.8 Å². The fourth-order valence-electron chi connectivity index (χ4n) is 4.39. The van der Waals surface area contributed by atoms with Gasteiger partial charge >= 0.3 is 0 Å². The van der Waals surface area contributed by atoms with Crippen LogP contribution < -0.4 is 5.32 Å². The largest absolute Gasteiger partial charge is 0.339 e. The van der Waals surface area contributed by atoms with Gasteiger partial charge in [-0.2, -0.15) is 0 Å². The van der Waals surface area contributed by atoms with Crippen molar-refractivity contribution in [1.29, 1.82) is 0 Å². The molecule has 170 valence electrons. The zero-order chi connectivity index (χ0) is 22.5. The topological polar surface area (TPSA) is 55.9 Å². The van der Waals surface area contributed by atoms with Gasteiger partial charge in [0.2, 0.25) is 11.8 Å². The van der Waals surface area contributed by atoms with Crippen LogP contribution in [0.5, 0.6) is 0 Å². The molecular weight excluding hydrogens is 400 g/mol. The molecule has 6 nitrogen and oxygen atoms in total. The van der Waals surface area contributed by atoms with Crippen molar-refractivity contribution in [2.24, 2.45) is 0 Å². The maximum Gasteiger partial charge on any atom is 0.238 e. The minimum absolute atomic E-state index is 0.00458. The van der Waals surface area contributed by atoms with Gasteiger partial charge in [0, 0.05) is 44.5 Å². The van der Waals surface area contributed by atoms with E-state index in [2.05, 4.69) is 39.4 Å². The highest BCUT2D eigenvalue weighted by Crippen LogP contribution is 2.28. The monoisotopic (exact) mass is 434 g/mol. The second-order valence-electron chi connectivity index (χ2n) is 9.09. The normalized spacial score (nSPS) is 16.9. The van der Waals surface area contributed by atoms with E-state index >= 15 is 0 Å². The number of benzene rings is 2. The summed E-state index contributed by atoms with van der Waals surface area (Å²) < 4.78 is 0. The molecule has 2 amide bonds. The standard InChI is InChI=1S/C26H34N4O2/c1-20-7-6-8-21(2)26(20)27-24(31)18-28-13-15-29(16-14-28)25(32)19-30(23-11-12-23)17-22-9-4-3-5-10-22/h3-10,23H,11-19H2,1-2H3,(H,27,31). The zero-order valence-electron chi connectivity index (χ0n) is 19.2. The Labute approximate surface area is 191 Å². The minimum Gasteiger partial charge on any atom is -0.339 e. The molecule has 32 heavy (non-hydrogen) atoms. The van der Waals surface area contributed by atoms with Crippen LogP contribution >= 0.6 is 0 Å². The molecule has 2 aromatic carbocycles. The Morgan fingerprint density at radius 2 is 1.59 bits per heavy atom. The van der Waals surface area contributed by atoms with Crippen LogP contribution in [0.15, 0.2) is 48.5 Å². The summed E-state index contributed by atoms with van der Waals surface area (Å²) in [5.74, 6) is 0.206. The molecule has 0 aromatic heterocycles. The van der Waals surface area contributed by atoms with Crippen LogP contribution in [-0.2, 0) is 16.1 Å². The zero-order valence-corrected chi connectivity index (χ0v) is 19.2. The highest BCUT2D eigenvalue weighted by Gasteiger charge is 2.32. The molecule has 2 aromatic rings. The summed E-state index contributed by atoms with van der Waals surface area (Å²) in [4.78, 5) is 31.9. The number of rotatable bonds is 8. The molecule has 2 fully saturated rings. The number of hydrogen-bond acceptors (Lipinski definition) is 4. The Kier molecular flexibility index (Phi) is 7.22. The Morgan fingerprint density at radius 3 is 2.22 bits per heavy atom. The van der Waals surface area contributed by atoms with E-state index in [-0.39, 0.29) is 11.8 Å². The summed E-state index contributed by atoms with van der Waals surface area (Å²) in [6.07, 6.45) is 2.37. The predicted octanol–water partition coefficient (Wildman–Crippen LogP) is 3.05. The van der Waals surface area contributed by atoms with Crippen molar-refractivity contribution in [3.05, 3.63) is 65.2 Å². The van der Waals surface area contributed by atoms with E-state index in [0.717, 1.165) is 36.4 Å². The van der Waals surface area contributed by atoms with Crippen molar-refractivity contribution in [3.8, 4) is 0 Å². The number of anilines is 1. The molecular formula is C26H34N4O2. The molecule has 1 heterocycles. The highest BCUT2D eigenvalue weighted by atomic mass is 16.2. The molecule has 0 radical (unpaired) electrons. The van der Waals surface area contributed by atoms with Crippen LogP contribution in [0.3, 0.4) is 0 Å². The first kappa shape index (κ1) is 22.5. The van der Waals surface area contributed by atoms with Crippen LogP contribution in [0.1, 0.15) is 29.5 Å². The third-order valence-electron chi connectivity index (χ3n) is 6.47. The second-order valence-corrected chi connectivity index (χ2v) is 9.09. The molecule has 0 unspecified atom stereocenters. The van der Waals surface area contributed by atoms with Crippen molar-refractivity contribution in [3.63, 3.8) is 0 Å². The van der Waals surface area contributed by atoms with Gasteiger partial charge in [-0.25, -0.2) is 0 Å². The summed E-state index contributed by atoms with van der Waals surface area (Å²) in [7, 11) is 0. The average molecular weight is 435 g/mol. The van der Waals surface area contributed by atoms with E-state index in [1.807, 2.05) is 43.0 Å². The smallest absolute Gasteiger partial charge is 0.238 e. The maximum atomic E-state index is 13.0. The van der Waals surface area contributed by atoms with Gasteiger partial charge in [-0.05, 0) is 43.4 Å².